The van der Waals surface area contributed by atoms with Gasteiger partial charge in [0.2, 0.25) is 0 Å². The van der Waals surface area contributed by atoms with Crippen molar-refractivity contribution in [1.82, 2.24) is 15.3 Å². The molecule has 2 aromatic rings. The number of hydrogen-bond acceptors (Lipinski definition) is 4. The number of nitrogens with zero attached hydrogens (tertiary/aromatic N) is 1. The molecule has 2 amide bonds. The van der Waals surface area contributed by atoms with Gasteiger partial charge in [-0.05, 0) is 93.0 Å². The largest absolute Gasteiger partial charge is 0.481 e. The molecule has 4 heterocycles. The normalized spacial score (nSPS) is 20.4. The van der Waals surface area contributed by atoms with Crippen molar-refractivity contribution in [3.8, 4) is 0 Å². The molecule has 4 rings (SSSR count). The molecule has 0 spiro atoms. The Kier molecular flexibility index (Phi) is 9.18. The summed E-state index contributed by atoms with van der Waals surface area (Å²) >= 11 is 0. The first-order chi connectivity index (χ1) is 20.4. The molecule has 0 radical (unpaired) electrons. The van der Waals surface area contributed by atoms with Crippen molar-refractivity contribution in [2.75, 3.05) is 0 Å². The molecule has 2 aliphatic rings. The van der Waals surface area contributed by atoms with E-state index in [1.807, 2.05) is 52.8 Å². The first kappa shape index (κ1) is 31.2. The lowest BCUT2D eigenvalue weighted by Crippen LogP contribution is -2.30. The number of rotatable bonds is 11. The zero-order chi connectivity index (χ0) is 31.6. The summed E-state index contributed by atoms with van der Waals surface area (Å²) in [6.45, 7) is 13.2. The molecule has 2 atom stereocenters. The number of hydrogen-bond donors (Lipinski definition) is 5. The molecule has 0 saturated heterocycles. The first-order valence-electron chi connectivity index (χ1n) is 14.3. The predicted molar refractivity (Wildman–Crippen MR) is 164 cm³/mol. The van der Waals surface area contributed by atoms with E-state index in [2.05, 4.69) is 26.9 Å². The van der Waals surface area contributed by atoms with Crippen LogP contribution in [0.3, 0.4) is 0 Å². The molecule has 0 bridgehead atoms. The summed E-state index contributed by atoms with van der Waals surface area (Å²) in [4.78, 5) is 58.8. The maximum atomic E-state index is 12.4. The number of nitrogens with one attached hydrogen (secondary N) is 3. The summed E-state index contributed by atoms with van der Waals surface area (Å²) in [5.74, 6) is -2.54. The van der Waals surface area contributed by atoms with Crippen LogP contribution in [0, 0.1) is 19.8 Å². The minimum atomic E-state index is -0.922. The van der Waals surface area contributed by atoms with Crippen LogP contribution in [0.15, 0.2) is 40.4 Å². The molecule has 0 aromatic carbocycles. The highest BCUT2D eigenvalue weighted by atomic mass is 16.4. The molecule has 0 fully saturated rings. The summed E-state index contributed by atoms with van der Waals surface area (Å²) in [5.41, 5.74) is 7.85. The average Bonchev–Trinajstić information content (AvgIpc) is 3.59. The second kappa shape index (κ2) is 12.6. The fourth-order valence-corrected chi connectivity index (χ4v) is 5.90. The number of amides is 2. The van der Waals surface area contributed by atoms with Gasteiger partial charge in [0.15, 0.2) is 0 Å². The van der Waals surface area contributed by atoms with Gasteiger partial charge in [0.05, 0.1) is 17.7 Å². The highest BCUT2D eigenvalue weighted by Gasteiger charge is 2.29. The third kappa shape index (κ3) is 6.38. The zero-order valence-corrected chi connectivity index (χ0v) is 25.2. The molecule has 2 aromatic heterocycles. The standard InChI is InChI=1S/C33H38N4O6/c1-7-20-19(6)32(42)37-27(20)14-25-18(5)23(10-12-31(40)41)29(35-25)15-28-22(9-11-30(38)39)17(4)24(34-28)13-26-16(3)21(8-2)33(43)36-26/h7-8,14-15,19,26,34-35H,2,9-13H2,1,3-6H3,(H,36,43)(H,38,39)(H,40,41)/b20-7-,25-14-,29-15-. The van der Waals surface area contributed by atoms with E-state index >= 15 is 0 Å². The second-order valence-electron chi connectivity index (χ2n) is 11.1. The monoisotopic (exact) mass is 586 g/mol. The smallest absolute Gasteiger partial charge is 0.303 e. The number of aromatic amines is 2. The van der Waals surface area contributed by atoms with Gasteiger partial charge >= 0.3 is 11.9 Å². The van der Waals surface area contributed by atoms with Crippen LogP contribution in [-0.4, -0.2) is 55.7 Å². The van der Waals surface area contributed by atoms with Gasteiger partial charge in [0.1, 0.15) is 0 Å². The highest BCUT2D eigenvalue weighted by Crippen LogP contribution is 2.27. The summed E-state index contributed by atoms with van der Waals surface area (Å²) in [6.07, 6.45) is 8.05. The van der Waals surface area contributed by atoms with Crippen LogP contribution in [0.2, 0.25) is 0 Å². The molecule has 5 N–H and O–H groups in total. The summed E-state index contributed by atoms with van der Waals surface area (Å²) in [7, 11) is 0. The maximum Gasteiger partial charge on any atom is 0.303 e. The number of carbonyl (C=O) groups excluding carboxylic acids is 2. The van der Waals surface area contributed by atoms with Gasteiger partial charge in [-0.25, -0.2) is 4.99 Å². The number of aromatic nitrogens is 2. The molecule has 10 heteroatoms. The first-order valence-corrected chi connectivity index (χ1v) is 14.3. The van der Waals surface area contributed by atoms with E-state index in [-0.39, 0.29) is 49.5 Å². The Morgan fingerprint density at radius 2 is 1.60 bits per heavy atom. The molecule has 2 unspecified atom stereocenters. The second-order valence-corrected chi connectivity index (χ2v) is 11.1. The van der Waals surface area contributed by atoms with Crippen molar-refractivity contribution < 1.29 is 29.4 Å². The molecule has 43 heavy (non-hydrogen) atoms. The number of carboxylic acid groups (broad SMARTS) is 2. The van der Waals surface area contributed by atoms with Crippen LogP contribution < -0.4 is 16.0 Å². The average molecular weight is 587 g/mol. The Bertz CT molecular complexity index is 1750. The van der Waals surface area contributed by atoms with Crippen molar-refractivity contribution in [2.24, 2.45) is 10.9 Å². The number of carboxylic acids is 2. The molecule has 10 nitrogen and oxygen atoms in total. The molecule has 0 saturated carbocycles. The lowest BCUT2D eigenvalue weighted by atomic mass is 9.98. The Balaban J connectivity index is 1.86. The Morgan fingerprint density at radius 3 is 2.19 bits per heavy atom. The van der Waals surface area contributed by atoms with E-state index in [1.54, 1.807) is 6.08 Å². The molecule has 0 aliphatic carbocycles. The summed E-state index contributed by atoms with van der Waals surface area (Å²) in [6, 6.07) is -0.226. The van der Waals surface area contributed by atoms with Gasteiger partial charge in [-0.15, -0.1) is 0 Å². The van der Waals surface area contributed by atoms with Gasteiger partial charge in [0.25, 0.3) is 11.8 Å². The predicted octanol–water partition coefficient (Wildman–Crippen LogP) is 2.71. The molecule has 2 aliphatic heterocycles. The minimum absolute atomic E-state index is 0.0640. The molecular formula is C33H38N4O6. The van der Waals surface area contributed by atoms with E-state index in [0.717, 1.165) is 39.1 Å². The van der Waals surface area contributed by atoms with Crippen LogP contribution in [-0.2, 0) is 38.4 Å². The van der Waals surface area contributed by atoms with Crippen LogP contribution in [0.1, 0.15) is 67.3 Å². The van der Waals surface area contributed by atoms with Gasteiger partial charge in [0, 0.05) is 46.9 Å². The van der Waals surface area contributed by atoms with Crippen LogP contribution in [0.4, 0.5) is 0 Å². The van der Waals surface area contributed by atoms with Crippen molar-refractivity contribution >= 4 is 41.6 Å². The van der Waals surface area contributed by atoms with Gasteiger partial charge in [-0.2, -0.15) is 0 Å². The summed E-state index contributed by atoms with van der Waals surface area (Å²) < 4.78 is 0. The van der Waals surface area contributed by atoms with Crippen molar-refractivity contribution in [3.05, 3.63) is 79.8 Å². The van der Waals surface area contributed by atoms with Crippen molar-refractivity contribution in [3.63, 3.8) is 0 Å². The number of allylic oxidation sites excluding steroid dienone is 1. The zero-order valence-electron chi connectivity index (χ0n) is 25.2. The fraction of sp³-hybridized carbons (Fsp3) is 0.364. The quantitative estimate of drug-likeness (QED) is 0.272. The van der Waals surface area contributed by atoms with Crippen LogP contribution in [0.5, 0.6) is 0 Å². The lowest BCUT2D eigenvalue weighted by Gasteiger charge is -2.12. The van der Waals surface area contributed by atoms with E-state index in [0.29, 0.717) is 34.1 Å². The Labute approximate surface area is 249 Å². The van der Waals surface area contributed by atoms with Gasteiger partial charge < -0.3 is 25.5 Å². The lowest BCUT2D eigenvalue weighted by molar-refractivity contribution is -0.138. The van der Waals surface area contributed by atoms with Gasteiger partial charge in [-0.1, -0.05) is 18.7 Å². The van der Waals surface area contributed by atoms with Crippen molar-refractivity contribution in [2.45, 2.75) is 72.8 Å². The molecule has 226 valence electrons. The van der Waals surface area contributed by atoms with Gasteiger partial charge in [-0.3, -0.25) is 19.2 Å². The third-order valence-electron chi connectivity index (χ3n) is 8.50. The van der Waals surface area contributed by atoms with Crippen molar-refractivity contribution in [1.29, 1.82) is 0 Å². The van der Waals surface area contributed by atoms with E-state index < -0.39 is 11.9 Å². The number of H-pyrrole nitrogens is 2. The SMILES string of the molecule is C=CC1=C(C)C(Cc2[nH]c(/C=c3\[nH]/c(=C\C4=NC(=O)C(C)/C4=C/C)c(C)c3CCC(=O)O)c(CCC(=O)O)c2C)NC1=O. The minimum Gasteiger partial charge on any atom is -0.481 e. The number of aliphatic carboxylic acids is 2. The maximum absolute atomic E-state index is 12.4. The van der Waals surface area contributed by atoms with E-state index in [1.165, 1.54) is 0 Å². The number of aliphatic imine (C=N–C) groups is 1. The topological polar surface area (TPSA) is 165 Å². The van der Waals surface area contributed by atoms with Crippen LogP contribution in [0.25, 0.3) is 12.2 Å². The fourth-order valence-electron chi connectivity index (χ4n) is 5.90. The molecular weight excluding hydrogens is 548 g/mol. The number of carbonyl (C=O) groups is 4. The van der Waals surface area contributed by atoms with E-state index in [9.17, 15) is 29.4 Å². The Hall–Kier alpha value is -4.73. The highest BCUT2D eigenvalue weighted by molar-refractivity contribution is 6.29. The summed E-state index contributed by atoms with van der Waals surface area (Å²) in [5, 5.41) is 23.3. The third-order valence-corrected chi connectivity index (χ3v) is 8.50. The van der Waals surface area contributed by atoms with E-state index in [4.69, 9.17) is 0 Å². The van der Waals surface area contributed by atoms with Crippen LogP contribution >= 0.6 is 0 Å². The Morgan fingerprint density at radius 1 is 0.953 bits per heavy atom.